The number of amides is 1. The van der Waals surface area contributed by atoms with Crippen LogP contribution in [0.4, 0.5) is 11.4 Å². The van der Waals surface area contributed by atoms with E-state index in [-0.39, 0.29) is 12.5 Å². The second-order valence-electron chi connectivity index (χ2n) is 4.32. The van der Waals surface area contributed by atoms with Crippen molar-refractivity contribution in [2.75, 3.05) is 17.2 Å². The van der Waals surface area contributed by atoms with Crippen LogP contribution in [0, 0.1) is 6.92 Å². The lowest BCUT2D eigenvalue weighted by Crippen LogP contribution is -2.22. The zero-order chi connectivity index (χ0) is 14.5. The van der Waals surface area contributed by atoms with E-state index in [1.54, 1.807) is 24.3 Å². The number of carbonyl (C=O) groups excluding carboxylic acids is 1. The first-order valence-corrected chi connectivity index (χ1v) is 6.86. The Labute approximate surface area is 127 Å². The molecular formula is C15H14Cl2N2O. The molecule has 5 heteroatoms. The summed E-state index contributed by atoms with van der Waals surface area (Å²) in [5.41, 5.74) is 2.42. The average molecular weight is 309 g/mol. The highest BCUT2D eigenvalue weighted by Crippen LogP contribution is 2.22. The van der Waals surface area contributed by atoms with E-state index >= 15 is 0 Å². The van der Waals surface area contributed by atoms with Gasteiger partial charge in [0.1, 0.15) is 0 Å². The van der Waals surface area contributed by atoms with E-state index in [2.05, 4.69) is 10.6 Å². The molecule has 0 saturated carbocycles. The third kappa shape index (κ3) is 3.89. The summed E-state index contributed by atoms with van der Waals surface area (Å²) in [7, 11) is 0. The van der Waals surface area contributed by atoms with Gasteiger partial charge in [-0.1, -0.05) is 29.3 Å². The van der Waals surface area contributed by atoms with Crippen LogP contribution in [0.1, 0.15) is 5.56 Å². The van der Waals surface area contributed by atoms with Crippen LogP contribution < -0.4 is 10.6 Å². The Morgan fingerprint density at radius 3 is 2.50 bits per heavy atom. The summed E-state index contributed by atoms with van der Waals surface area (Å²) in [6.07, 6.45) is 0. The van der Waals surface area contributed by atoms with E-state index in [1.807, 2.05) is 25.1 Å². The SMILES string of the molecule is Cc1c(Cl)cccc1NC(=O)CNc1ccc(Cl)cc1. The Balaban J connectivity index is 1.92. The summed E-state index contributed by atoms with van der Waals surface area (Å²) in [4.78, 5) is 11.9. The highest BCUT2D eigenvalue weighted by Gasteiger charge is 2.06. The number of anilines is 2. The van der Waals surface area contributed by atoms with Crippen molar-refractivity contribution in [1.82, 2.24) is 0 Å². The van der Waals surface area contributed by atoms with Crippen LogP contribution in [-0.2, 0) is 4.79 Å². The quantitative estimate of drug-likeness (QED) is 0.881. The summed E-state index contributed by atoms with van der Waals surface area (Å²) in [5, 5.41) is 7.14. The van der Waals surface area contributed by atoms with Gasteiger partial charge in [0.2, 0.25) is 5.91 Å². The molecule has 2 aromatic carbocycles. The molecule has 3 nitrogen and oxygen atoms in total. The van der Waals surface area contributed by atoms with Gasteiger partial charge in [-0.05, 0) is 48.9 Å². The summed E-state index contributed by atoms with van der Waals surface area (Å²) < 4.78 is 0. The van der Waals surface area contributed by atoms with E-state index in [9.17, 15) is 4.79 Å². The molecule has 2 aromatic rings. The second kappa shape index (κ2) is 6.64. The molecule has 0 aliphatic carbocycles. The van der Waals surface area contributed by atoms with Crippen LogP contribution >= 0.6 is 23.2 Å². The van der Waals surface area contributed by atoms with E-state index in [0.717, 1.165) is 16.9 Å². The van der Waals surface area contributed by atoms with Crippen molar-refractivity contribution in [2.24, 2.45) is 0 Å². The standard InChI is InChI=1S/C15H14Cl2N2O/c1-10-13(17)3-2-4-14(10)19-15(20)9-18-12-7-5-11(16)6-8-12/h2-8,18H,9H2,1H3,(H,19,20). The third-order valence-corrected chi connectivity index (χ3v) is 3.50. The Kier molecular flexibility index (Phi) is 4.88. The fraction of sp³-hybridized carbons (Fsp3) is 0.133. The van der Waals surface area contributed by atoms with E-state index in [4.69, 9.17) is 23.2 Å². The molecule has 0 aromatic heterocycles. The number of carbonyl (C=O) groups is 1. The minimum atomic E-state index is -0.134. The van der Waals surface area contributed by atoms with Crippen molar-refractivity contribution in [3.8, 4) is 0 Å². The first-order chi connectivity index (χ1) is 9.56. The molecular weight excluding hydrogens is 295 g/mol. The highest BCUT2D eigenvalue weighted by molar-refractivity contribution is 6.31. The largest absolute Gasteiger partial charge is 0.376 e. The van der Waals surface area contributed by atoms with Gasteiger partial charge in [-0.3, -0.25) is 4.79 Å². The van der Waals surface area contributed by atoms with Crippen molar-refractivity contribution in [3.63, 3.8) is 0 Å². The van der Waals surface area contributed by atoms with E-state index in [0.29, 0.717) is 10.0 Å². The molecule has 2 rings (SSSR count). The number of hydrogen-bond acceptors (Lipinski definition) is 2. The lowest BCUT2D eigenvalue weighted by atomic mass is 10.2. The molecule has 0 unspecified atom stereocenters. The van der Waals surface area contributed by atoms with Crippen LogP contribution in [0.2, 0.25) is 10.0 Å². The monoisotopic (exact) mass is 308 g/mol. The molecule has 0 aliphatic rings. The predicted molar refractivity (Wildman–Crippen MR) is 84.8 cm³/mol. The Hall–Kier alpha value is -1.71. The maximum Gasteiger partial charge on any atom is 0.243 e. The van der Waals surface area contributed by atoms with Gasteiger partial charge in [0.05, 0.1) is 6.54 Å². The molecule has 0 radical (unpaired) electrons. The van der Waals surface area contributed by atoms with Crippen LogP contribution in [0.25, 0.3) is 0 Å². The van der Waals surface area contributed by atoms with E-state index < -0.39 is 0 Å². The molecule has 0 bridgehead atoms. The number of nitrogens with one attached hydrogen (secondary N) is 2. The first kappa shape index (κ1) is 14.7. The van der Waals surface area contributed by atoms with Gasteiger partial charge in [-0.15, -0.1) is 0 Å². The molecule has 0 heterocycles. The smallest absolute Gasteiger partial charge is 0.243 e. The third-order valence-electron chi connectivity index (χ3n) is 2.84. The van der Waals surface area contributed by atoms with Crippen LogP contribution in [0.15, 0.2) is 42.5 Å². The zero-order valence-corrected chi connectivity index (χ0v) is 12.4. The molecule has 0 fully saturated rings. The second-order valence-corrected chi connectivity index (χ2v) is 5.16. The maximum absolute atomic E-state index is 11.9. The van der Waals surface area contributed by atoms with Crippen molar-refractivity contribution < 1.29 is 4.79 Å². The number of benzene rings is 2. The van der Waals surface area contributed by atoms with E-state index in [1.165, 1.54) is 0 Å². The minimum Gasteiger partial charge on any atom is -0.376 e. The fourth-order valence-corrected chi connectivity index (χ4v) is 1.99. The van der Waals surface area contributed by atoms with Crippen molar-refractivity contribution in [2.45, 2.75) is 6.92 Å². The molecule has 0 atom stereocenters. The average Bonchev–Trinajstić information content (AvgIpc) is 2.43. The van der Waals surface area contributed by atoms with Crippen LogP contribution in [-0.4, -0.2) is 12.5 Å². The van der Waals surface area contributed by atoms with Gasteiger partial charge in [-0.25, -0.2) is 0 Å². The summed E-state index contributed by atoms with van der Waals surface area (Å²) in [6.45, 7) is 2.04. The molecule has 2 N–H and O–H groups in total. The Bertz CT molecular complexity index is 612. The van der Waals surface area contributed by atoms with Gasteiger partial charge in [0, 0.05) is 21.4 Å². The molecule has 104 valence electrons. The Morgan fingerprint density at radius 1 is 1.10 bits per heavy atom. The predicted octanol–water partition coefficient (Wildman–Crippen LogP) is 4.35. The van der Waals surface area contributed by atoms with Gasteiger partial charge < -0.3 is 10.6 Å². The molecule has 1 amide bonds. The molecule has 0 saturated heterocycles. The van der Waals surface area contributed by atoms with Crippen LogP contribution in [0.3, 0.4) is 0 Å². The number of rotatable bonds is 4. The topological polar surface area (TPSA) is 41.1 Å². The lowest BCUT2D eigenvalue weighted by Gasteiger charge is -2.10. The lowest BCUT2D eigenvalue weighted by molar-refractivity contribution is -0.114. The number of hydrogen-bond donors (Lipinski definition) is 2. The molecule has 0 aliphatic heterocycles. The zero-order valence-electron chi connectivity index (χ0n) is 10.9. The molecule has 0 spiro atoms. The highest BCUT2D eigenvalue weighted by atomic mass is 35.5. The summed E-state index contributed by atoms with van der Waals surface area (Å²) in [6, 6.07) is 12.6. The van der Waals surface area contributed by atoms with Crippen molar-refractivity contribution in [3.05, 3.63) is 58.1 Å². The van der Waals surface area contributed by atoms with Crippen molar-refractivity contribution in [1.29, 1.82) is 0 Å². The van der Waals surface area contributed by atoms with Gasteiger partial charge in [0.25, 0.3) is 0 Å². The van der Waals surface area contributed by atoms with Gasteiger partial charge in [-0.2, -0.15) is 0 Å². The maximum atomic E-state index is 11.9. The number of halogens is 2. The Morgan fingerprint density at radius 2 is 1.80 bits per heavy atom. The van der Waals surface area contributed by atoms with Gasteiger partial charge >= 0.3 is 0 Å². The normalized spacial score (nSPS) is 10.2. The minimum absolute atomic E-state index is 0.134. The van der Waals surface area contributed by atoms with Gasteiger partial charge in [0.15, 0.2) is 0 Å². The van der Waals surface area contributed by atoms with Crippen LogP contribution in [0.5, 0.6) is 0 Å². The fourth-order valence-electron chi connectivity index (χ4n) is 1.69. The molecule has 20 heavy (non-hydrogen) atoms. The summed E-state index contributed by atoms with van der Waals surface area (Å²) in [5.74, 6) is -0.134. The van der Waals surface area contributed by atoms with Crippen molar-refractivity contribution >= 4 is 40.5 Å². The summed E-state index contributed by atoms with van der Waals surface area (Å²) >= 11 is 11.8. The first-order valence-electron chi connectivity index (χ1n) is 6.10.